The predicted octanol–water partition coefficient (Wildman–Crippen LogP) is 3.38. The van der Waals surface area contributed by atoms with Crippen molar-refractivity contribution in [2.45, 2.75) is 20.3 Å². The molecule has 1 N–H and O–H groups in total. The molecule has 0 heterocycles. The Kier molecular flexibility index (Phi) is 5.94. The van der Waals surface area contributed by atoms with Crippen LogP contribution in [0.1, 0.15) is 30.6 Å². The highest BCUT2D eigenvalue weighted by atomic mass is 79.9. The molecule has 106 valence electrons. The molecule has 0 aliphatic heterocycles. The Bertz CT molecular complexity index is 449. The van der Waals surface area contributed by atoms with Gasteiger partial charge in [-0.3, -0.25) is 4.79 Å². The van der Waals surface area contributed by atoms with Gasteiger partial charge in [0.05, 0.1) is 10.0 Å². The van der Waals surface area contributed by atoms with Gasteiger partial charge in [-0.25, -0.2) is 4.39 Å². The fourth-order valence-electron chi connectivity index (χ4n) is 1.56. The van der Waals surface area contributed by atoms with Crippen molar-refractivity contribution in [2.24, 2.45) is 5.41 Å². The topological polar surface area (TPSA) is 38.3 Å². The normalized spacial score (nSPS) is 11.4. The summed E-state index contributed by atoms with van der Waals surface area (Å²) in [5.74, 6) is -0.719. The second-order valence-electron chi connectivity index (χ2n) is 5.19. The standard InChI is InChI=1S/C14H19BrFNO2/c1-14(2,7-8-19-3)9-17-13(18)10-5-4-6-11(16)12(10)15/h4-6H,7-9H2,1-3H3,(H,17,18). The summed E-state index contributed by atoms with van der Waals surface area (Å²) in [6, 6.07) is 4.42. The number of carbonyl (C=O) groups excluding carboxylic acids is 1. The lowest BCUT2D eigenvalue weighted by atomic mass is 9.89. The molecule has 0 aromatic heterocycles. The van der Waals surface area contributed by atoms with Crippen molar-refractivity contribution in [2.75, 3.05) is 20.3 Å². The molecule has 0 saturated carbocycles. The fraction of sp³-hybridized carbons (Fsp3) is 0.500. The van der Waals surface area contributed by atoms with Gasteiger partial charge >= 0.3 is 0 Å². The summed E-state index contributed by atoms with van der Waals surface area (Å²) < 4.78 is 18.6. The number of carbonyl (C=O) groups is 1. The summed E-state index contributed by atoms with van der Waals surface area (Å²) in [5.41, 5.74) is 0.244. The van der Waals surface area contributed by atoms with Crippen molar-refractivity contribution in [3.63, 3.8) is 0 Å². The molecular formula is C14H19BrFNO2. The maximum absolute atomic E-state index is 13.3. The van der Waals surface area contributed by atoms with Crippen LogP contribution < -0.4 is 5.32 Å². The Balaban J connectivity index is 2.63. The van der Waals surface area contributed by atoms with Crippen molar-refractivity contribution in [1.29, 1.82) is 0 Å². The molecule has 5 heteroatoms. The summed E-state index contributed by atoms with van der Waals surface area (Å²) in [6.07, 6.45) is 0.841. The third-order valence-electron chi connectivity index (χ3n) is 2.91. The first-order valence-corrected chi connectivity index (χ1v) is 6.88. The molecule has 1 aromatic rings. The van der Waals surface area contributed by atoms with Gasteiger partial charge in [-0.2, -0.15) is 0 Å². The van der Waals surface area contributed by atoms with Crippen molar-refractivity contribution < 1.29 is 13.9 Å². The van der Waals surface area contributed by atoms with E-state index in [4.69, 9.17) is 4.74 Å². The molecule has 0 unspecified atom stereocenters. The second kappa shape index (κ2) is 7.01. The van der Waals surface area contributed by atoms with Crippen molar-refractivity contribution in [1.82, 2.24) is 5.32 Å². The van der Waals surface area contributed by atoms with Crippen LogP contribution in [0.15, 0.2) is 22.7 Å². The van der Waals surface area contributed by atoms with Gasteiger partial charge in [-0.05, 0) is 39.9 Å². The first-order chi connectivity index (χ1) is 8.87. The monoisotopic (exact) mass is 331 g/mol. The Hall–Kier alpha value is -0.940. The van der Waals surface area contributed by atoms with Gasteiger partial charge in [-0.15, -0.1) is 0 Å². The van der Waals surface area contributed by atoms with Gasteiger partial charge in [0, 0.05) is 20.3 Å². The number of ether oxygens (including phenoxy) is 1. The number of rotatable bonds is 6. The zero-order chi connectivity index (χ0) is 14.5. The number of halogens is 2. The maximum Gasteiger partial charge on any atom is 0.252 e. The van der Waals surface area contributed by atoms with Crippen LogP contribution in [-0.4, -0.2) is 26.2 Å². The minimum Gasteiger partial charge on any atom is -0.385 e. The van der Waals surface area contributed by atoms with Crippen LogP contribution in [0, 0.1) is 11.2 Å². The minimum atomic E-state index is -0.439. The maximum atomic E-state index is 13.3. The first kappa shape index (κ1) is 16.1. The van der Waals surface area contributed by atoms with E-state index in [2.05, 4.69) is 21.2 Å². The quantitative estimate of drug-likeness (QED) is 0.867. The van der Waals surface area contributed by atoms with Crippen LogP contribution in [-0.2, 0) is 4.74 Å². The van der Waals surface area contributed by atoms with E-state index < -0.39 is 5.82 Å². The SMILES string of the molecule is COCCC(C)(C)CNC(=O)c1cccc(F)c1Br. The Labute approximate surface area is 121 Å². The lowest BCUT2D eigenvalue weighted by Gasteiger charge is -2.24. The molecule has 3 nitrogen and oxygen atoms in total. The molecule has 0 spiro atoms. The van der Waals surface area contributed by atoms with Gasteiger partial charge < -0.3 is 10.1 Å². The third-order valence-corrected chi connectivity index (χ3v) is 3.71. The van der Waals surface area contributed by atoms with E-state index in [0.29, 0.717) is 18.7 Å². The molecule has 0 fully saturated rings. The van der Waals surface area contributed by atoms with Crippen LogP contribution in [0.2, 0.25) is 0 Å². The molecule has 0 atom stereocenters. The highest BCUT2D eigenvalue weighted by Crippen LogP contribution is 2.22. The van der Waals surface area contributed by atoms with Crippen LogP contribution >= 0.6 is 15.9 Å². The number of amides is 1. The summed E-state index contributed by atoms with van der Waals surface area (Å²) in [5, 5.41) is 2.83. The molecule has 1 aromatic carbocycles. The average Bonchev–Trinajstić information content (AvgIpc) is 2.37. The van der Waals surface area contributed by atoms with Crippen molar-refractivity contribution in [3.05, 3.63) is 34.1 Å². The summed E-state index contributed by atoms with van der Waals surface area (Å²) in [4.78, 5) is 12.0. The predicted molar refractivity (Wildman–Crippen MR) is 76.7 cm³/mol. The van der Waals surface area contributed by atoms with E-state index in [1.165, 1.54) is 12.1 Å². The molecule has 19 heavy (non-hydrogen) atoms. The summed E-state index contributed by atoms with van der Waals surface area (Å²) in [7, 11) is 1.65. The summed E-state index contributed by atoms with van der Waals surface area (Å²) >= 11 is 3.09. The van der Waals surface area contributed by atoms with Crippen LogP contribution in [0.4, 0.5) is 4.39 Å². The second-order valence-corrected chi connectivity index (χ2v) is 5.98. The molecule has 0 aliphatic carbocycles. The van der Waals surface area contributed by atoms with Gasteiger partial charge in [0.15, 0.2) is 0 Å². The largest absolute Gasteiger partial charge is 0.385 e. The van der Waals surface area contributed by atoms with Gasteiger partial charge in [0.25, 0.3) is 5.91 Å². The molecule has 0 bridgehead atoms. The van der Waals surface area contributed by atoms with E-state index in [1.807, 2.05) is 13.8 Å². The van der Waals surface area contributed by atoms with Crippen molar-refractivity contribution in [3.8, 4) is 0 Å². The van der Waals surface area contributed by atoms with Crippen LogP contribution in [0.5, 0.6) is 0 Å². The van der Waals surface area contributed by atoms with E-state index in [9.17, 15) is 9.18 Å². The van der Waals surface area contributed by atoms with E-state index in [-0.39, 0.29) is 15.8 Å². The lowest BCUT2D eigenvalue weighted by molar-refractivity contribution is 0.0919. The molecule has 1 rings (SSSR count). The van der Waals surface area contributed by atoms with Crippen LogP contribution in [0.25, 0.3) is 0 Å². The highest BCUT2D eigenvalue weighted by molar-refractivity contribution is 9.10. The number of methoxy groups -OCH3 is 1. The smallest absolute Gasteiger partial charge is 0.252 e. The zero-order valence-electron chi connectivity index (χ0n) is 11.4. The molecule has 0 radical (unpaired) electrons. The van der Waals surface area contributed by atoms with E-state index in [1.54, 1.807) is 13.2 Å². The van der Waals surface area contributed by atoms with Gasteiger partial charge in [0.1, 0.15) is 5.82 Å². The summed E-state index contributed by atoms with van der Waals surface area (Å²) in [6.45, 7) is 5.25. The first-order valence-electron chi connectivity index (χ1n) is 6.08. The lowest BCUT2D eigenvalue weighted by Crippen LogP contribution is -2.34. The van der Waals surface area contributed by atoms with E-state index in [0.717, 1.165) is 6.42 Å². The average molecular weight is 332 g/mol. The highest BCUT2D eigenvalue weighted by Gasteiger charge is 2.20. The minimum absolute atomic E-state index is 0.0640. The Morgan fingerprint density at radius 2 is 2.16 bits per heavy atom. The fourth-order valence-corrected chi connectivity index (χ4v) is 2.01. The number of hydrogen-bond donors (Lipinski definition) is 1. The van der Waals surface area contributed by atoms with Crippen LogP contribution in [0.3, 0.4) is 0 Å². The molecule has 0 saturated heterocycles. The number of hydrogen-bond acceptors (Lipinski definition) is 2. The van der Waals surface area contributed by atoms with E-state index >= 15 is 0 Å². The van der Waals surface area contributed by atoms with Crippen molar-refractivity contribution >= 4 is 21.8 Å². The molecular weight excluding hydrogens is 313 g/mol. The Morgan fingerprint density at radius 1 is 1.47 bits per heavy atom. The Morgan fingerprint density at radius 3 is 2.79 bits per heavy atom. The number of benzene rings is 1. The zero-order valence-corrected chi connectivity index (χ0v) is 13.0. The third kappa shape index (κ3) is 4.91. The van der Waals surface area contributed by atoms with Gasteiger partial charge in [0.2, 0.25) is 0 Å². The molecule has 0 aliphatic rings. The number of nitrogens with one attached hydrogen (secondary N) is 1. The molecule has 1 amide bonds. The van der Waals surface area contributed by atoms with Gasteiger partial charge in [-0.1, -0.05) is 19.9 Å².